The molecule has 1 heterocycles. The number of benzene rings is 1. The van der Waals surface area contributed by atoms with Gasteiger partial charge in [-0.3, -0.25) is 9.69 Å². The Bertz CT molecular complexity index is 617. The van der Waals surface area contributed by atoms with Crippen LogP contribution in [-0.4, -0.2) is 23.9 Å². The molecule has 0 radical (unpaired) electrons. The molecule has 0 unspecified atom stereocenters. The molecule has 1 aromatic rings. The maximum absolute atomic E-state index is 11.2. The molecule has 24 heavy (non-hydrogen) atoms. The van der Waals surface area contributed by atoms with Crippen LogP contribution in [0.1, 0.15) is 52.5 Å². The molecule has 1 N–H and O–H groups in total. The topological polar surface area (TPSA) is 56.1 Å². The molecule has 0 bridgehead atoms. The van der Waals surface area contributed by atoms with Gasteiger partial charge in [0.05, 0.1) is 6.07 Å². The van der Waals surface area contributed by atoms with Gasteiger partial charge in [0.2, 0.25) is 5.91 Å². The zero-order chi connectivity index (χ0) is 17.8. The number of hydrogen-bond acceptors (Lipinski definition) is 3. The fourth-order valence-corrected chi connectivity index (χ4v) is 3.69. The van der Waals surface area contributed by atoms with Gasteiger partial charge in [0.1, 0.15) is 0 Å². The van der Waals surface area contributed by atoms with Crippen molar-refractivity contribution in [2.75, 3.05) is 18.4 Å². The predicted octanol–water partition coefficient (Wildman–Crippen LogP) is 4.19. The summed E-state index contributed by atoms with van der Waals surface area (Å²) in [4.78, 5) is 13.6. The molecule has 1 aromatic carbocycles. The molecule has 1 amide bonds. The lowest BCUT2D eigenvalue weighted by Gasteiger charge is -2.49. The number of nitrogens with one attached hydrogen (secondary N) is 1. The second kappa shape index (κ2) is 7.36. The fourth-order valence-electron chi connectivity index (χ4n) is 3.69. The molecule has 1 saturated heterocycles. The van der Waals surface area contributed by atoms with Crippen LogP contribution in [-0.2, 0) is 11.3 Å². The van der Waals surface area contributed by atoms with Gasteiger partial charge in [0.25, 0.3) is 0 Å². The van der Waals surface area contributed by atoms with Crippen LogP contribution in [0, 0.1) is 22.2 Å². The summed E-state index contributed by atoms with van der Waals surface area (Å²) in [5.41, 5.74) is 2.34. The Morgan fingerprint density at radius 2 is 2.00 bits per heavy atom. The van der Waals surface area contributed by atoms with Crippen LogP contribution in [0.25, 0.3) is 0 Å². The van der Waals surface area contributed by atoms with E-state index in [0.29, 0.717) is 6.42 Å². The highest BCUT2D eigenvalue weighted by molar-refractivity contribution is 5.88. The number of hydrogen-bond donors (Lipinski definition) is 1. The predicted molar refractivity (Wildman–Crippen MR) is 97.4 cm³/mol. The first-order chi connectivity index (χ1) is 11.3. The number of nitriles is 1. The molecule has 0 spiro atoms. The average molecular weight is 327 g/mol. The molecular weight excluding hydrogens is 298 g/mol. The molecule has 0 aliphatic carbocycles. The molecular formula is C20H29N3O. The second-order valence-corrected chi connectivity index (χ2v) is 8.02. The van der Waals surface area contributed by atoms with E-state index in [0.717, 1.165) is 38.2 Å². The minimum Gasteiger partial charge on any atom is -0.326 e. The minimum absolute atomic E-state index is 0.0448. The summed E-state index contributed by atoms with van der Waals surface area (Å²) >= 11 is 0. The van der Waals surface area contributed by atoms with Crippen molar-refractivity contribution in [3.63, 3.8) is 0 Å². The maximum atomic E-state index is 11.2. The highest BCUT2D eigenvalue weighted by Crippen LogP contribution is 2.49. The zero-order valence-corrected chi connectivity index (χ0v) is 15.4. The van der Waals surface area contributed by atoms with Gasteiger partial charge in [-0.2, -0.15) is 5.26 Å². The monoisotopic (exact) mass is 327 g/mol. The molecule has 0 aromatic heterocycles. The van der Waals surface area contributed by atoms with Crippen molar-refractivity contribution in [1.82, 2.24) is 4.90 Å². The molecule has 1 aliphatic rings. The summed E-state index contributed by atoms with van der Waals surface area (Å²) in [6, 6.07) is 10.5. The largest absolute Gasteiger partial charge is 0.326 e. The lowest BCUT2D eigenvalue weighted by Crippen LogP contribution is -2.46. The van der Waals surface area contributed by atoms with Gasteiger partial charge < -0.3 is 5.32 Å². The van der Waals surface area contributed by atoms with E-state index in [4.69, 9.17) is 0 Å². The summed E-state index contributed by atoms with van der Waals surface area (Å²) in [6.45, 7) is 11.2. The summed E-state index contributed by atoms with van der Waals surface area (Å²) in [5, 5.41) is 12.1. The van der Waals surface area contributed by atoms with Gasteiger partial charge in [-0.05, 0) is 54.5 Å². The summed E-state index contributed by atoms with van der Waals surface area (Å²) in [7, 11) is 0. The Morgan fingerprint density at radius 3 is 2.54 bits per heavy atom. The third-order valence-corrected chi connectivity index (χ3v) is 5.48. The number of carbonyl (C=O) groups is 1. The molecule has 130 valence electrons. The Labute approximate surface area is 145 Å². The number of nitrogens with zero attached hydrogens (tertiary/aromatic N) is 2. The van der Waals surface area contributed by atoms with Crippen molar-refractivity contribution in [3.05, 3.63) is 29.8 Å². The minimum atomic E-state index is -0.0448. The summed E-state index contributed by atoms with van der Waals surface area (Å²) in [5.74, 6) is -0.0448. The van der Waals surface area contributed by atoms with Crippen LogP contribution in [0.5, 0.6) is 0 Å². The van der Waals surface area contributed by atoms with Crippen LogP contribution >= 0.6 is 0 Å². The van der Waals surface area contributed by atoms with Crippen molar-refractivity contribution in [1.29, 1.82) is 5.26 Å². The number of anilines is 1. The van der Waals surface area contributed by atoms with E-state index < -0.39 is 0 Å². The van der Waals surface area contributed by atoms with Crippen molar-refractivity contribution in [2.24, 2.45) is 10.8 Å². The van der Waals surface area contributed by atoms with Crippen LogP contribution in [0.2, 0.25) is 0 Å². The first-order valence-corrected chi connectivity index (χ1v) is 8.72. The smallest absolute Gasteiger partial charge is 0.221 e. The van der Waals surface area contributed by atoms with Gasteiger partial charge in [-0.25, -0.2) is 0 Å². The normalized spacial score (nSPS) is 18.0. The maximum Gasteiger partial charge on any atom is 0.221 e. The number of piperidine rings is 1. The van der Waals surface area contributed by atoms with Gasteiger partial charge >= 0.3 is 0 Å². The van der Waals surface area contributed by atoms with Crippen molar-refractivity contribution in [3.8, 4) is 6.07 Å². The third-order valence-electron chi connectivity index (χ3n) is 5.48. The van der Waals surface area contributed by atoms with E-state index in [1.807, 2.05) is 18.2 Å². The Balaban J connectivity index is 2.00. The third kappa shape index (κ3) is 4.36. The van der Waals surface area contributed by atoms with E-state index in [2.05, 4.69) is 43.1 Å². The lowest BCUT2D eigenvalue weighted by molar-refractivity contribution is -0.114. The van der Waals surface area contributed by atoms with Crippen molar-refractivity contribution >= 4 is 11.6 Å². The number of likely N-dealkylation sites (tertiary alicyclic amines) is 1. The molecule has 0 atom stereocenters. The van der Waals surface area contributed by atoms with Crippen molar-refractivity contribution in [2.45, 2.75) is 53.5 Å². The lowest BCUT2D eigenvalue weighted by atomic mass is 9.60. The molecule has 1 fully saturated rings. The van der Waals surface area contributed by atoms with E-state index in [1.54, 1.807) is 0 Å². The molecule has 1 aliphatic heterocycles. The molecule has 2 rings (SSSR count). The first-order valence-electron chi connectivity index (χ1n) is 8.72. The second-order valence-electron chi connectivity index (χ2n) is 8.02. The van der Waals surface area contributed by atoms with E-state index >= 15 is 0 Å². The van der Waals surface area contributed by atoms with Crippen LogP contribution in [0.4, 0.5) is 5.69 Å². The molecule has 4 nitrogen and oxygen atoms in total. The molecule has 4 heteroatoms. The van der Waals surface area contributed by atoms with Crippen LogP contribution in [0.15, 0.2) is 24.3 Å². The summed E-state index contributed by atoms with van der Waals surface area (Å²) < 4.78 is 0. The van der Waals surface area contributed by atoms with E-state index in [-0.39, 0.29) is 16.7 Å². The number of rotatable bonds is 4. The average Bonchev–Trinajstić information content (AvgIpc) is 2.48. The first kappa shape index (κ1) is 18.5. The van der Waals surface area contributed by atoms with Gasteiger partial charge in [-0.15, -0.1) is 0 Å². The van der Waals surface area contributed by atoms with E-state index in [9.17, 15) is 10.1 Å². The highest BCUT2D eigenvalue weighted by atomic mass is 16.1. The van der Waals surface area contributed by atoms with Gasteiger partial charge in [0, 0.05) is 25.6 Å². The summed E-state index contributed by atoms with van der Waals surface area (Å²) in [6.07, 6.45) is 2.77. The van der Waals surface area contributed by atoms with Gasteiger partial charge in [-0.1, -0.05) is 32.9 Å². The quantitative estimate of drug-likeness (QED) is 0.902. The zero-order valence-electron chi connectivity index (χ0n) is 15.4. The highest BCUT2D eigenvalue weighted by Gasteiger charge is 2.43. The Hall–Kier alpha value is -1.86. The Morgan fingerprint density at radius 1 is 1.33 bits per heavy atom. The van der Waals surface area contributed by atoms with Crippen LogP contribution < -0.4 is 5.32 Å². The van der Waals surface area contributed by atoms with Crippen molar-refractivity contribution < 1.29 is 4.79 Å². The Kier molecular flexibility index (Phi) is 5.66. The number of carbonyl (C=O) groups excluding carboxylic acids is 1. The SMILES string of the molecule is CC(=O)Nc1cccc(CN2CCC(CC#N)(C(C)(C)C)CC2)c1. The fraction of sp³-hybridized carbons (Fsp3) is 0.600. The van der Waals surface area contributed by atoms with E-state index in [1.165, 1.54) is 12.5 Å². The number of amides is 1. The van der Waals surface area contributed by atoms with Gasteiger partial charge in [0.15, 0.2) is 0 Å². The van der Waals surface area contributed by atoms with Crippen LogP contribution in [0.3, 0.4) is 0 Å². The molecule has 0 saturated carbocycles. The standard InChI is InChI=1S/C20H29N3O/c1-16(24)22-18-7-5-6-17(14-18)15-23-12-9-20(8-11-21,10-13-23)19(2,3)4/h5-7,14H,8-10,12-13,15H2,1-4H3,(H,22,24).